The van der Waals surface area contributed by atoms with Gasteiger partial charge >= 0.3 is 5.97 Å². The lowest BCUT2D eigenvalue weighted by molar-refractivity contribution is -0.135. The van der Waals surface area contributed by atoms with Crippen LogP contribution in [0.25, 0.3) is 22.6 Å². The highest BCUT2D eigenvalue weighted by Gasteiger charge is 2.23. The minimum absolute atomic E-state index is 0.131. The van der Waals surface area contributed by atoms with E-state index in [-0.39, 0.29) is 11.9 Å². The molecule has 5 nitrogen and oxygen atoms in total. The summed E-state index contributed by atoms with van der Waals surface area (Å²) < 4.78 is 7.21. The summed E-state index contributed by atoms with van der Waals surface area (Å²) in [5.41, 5.74) is 6.23. The van der Waals surface area contributed by atoms with Gasteiger partial charge in [-0.2, -0.15) is 5.92 Å². The van der Waals surface area contributed by atoms with E-state index in [1.807, 2.05) is 47.1 Å². The molecule has 0 aromatic carbocycles. The third-order valence-corrected chi connectivity index (χ3v) is 5.64. The number of rotatable bonds is 4. The maximum absolute atomic E-state index is 12.8. The van der Waals surface area contributed by atoms with Crippen LogP contribution in [0.2, 0.25) is 0 Å². The maximum atomic E-state index is 12.8. The molecule has 0 bridgehead atoms. The molecule has 0 fully saturated rings. The summed E-state index contributed by atoms with van der Waals surface area (Å²) in [6, 6.07) is 9.81. The number of esters is 1. The van der Waals surface area contributed by atoms with Gasteiger partial charge in [-0.25, -0.2) is 9.78 Å². The van der Waals surface area contributed by atoms with E-state index in [0.29, 0.717) is 5.57 Å². The average Bonchev–Trinajstić information content (AvgIpc) is 3.19. The van der Waals surface area contributed by atoms with Crippen molar-refractivity contribution in [2.24, 2.45) is 5.92 Å². The molecule has 0 N–H and O–H groups in total. The number of fused-ring (bicyclic) bond motifs is 1. The van der Waals surface area contributed by atoms with E-state index in [0.717, 1.165) is 59.4 Å². The SMILES string of the molecule is [CH2-]C1C=C(c2ccc3ncc(-c4ccccn4)n3c2)C(C(=O)OC)=C(CC)CCC1. The van der Waals surface area contributed by atoms with Crippen LogP contribution in [-0.4, -0.2) is 27.4 Å². The Morgan fingerprint density at radius 3 is 2.87 bits per heavy atom. The van der Waals surface area contributed by atoms with Crippen LogP contribution < -0.4 is 0 Å². The number of allylic oxidation sites excluding steroid dienone is 2. The monoisotopic (exact) mass is 400 g/mol. The molecule has 5 heteroatoms. The molecule has 0 radical (unpaired) electrons. The number of hydrogen-bond acceptors (Lipinski definition) is 4. The van der Waals surface area contributed by atoms with E-state index in [4.69, 9.17) is 4.74 Å². The number of carbonyl (C=O) groups excluding carboxylic acids is 1. The second-order valence-corrected chi connectivity index (χ2v) is 7.56. The fourth-order valence-corrected chi connectivity index (χ4v) is 4.09. The number of carbonyl (C=O) groups is 1. The van der Waals surface area contributed by atoms with Crippen LogP contribution in [0.15, 0.2) is 66.1 Å². The first-order chi connectivity index (χ1) is 14.6. The van der Waals surface area contributed by atoms with Crippen molar-refractivity contribution >= 4 is 17.2 Å². The summed E-state index contributed by atoms with van der Waals surface area (Å²) in [6.07, 6.45) is 11.5. The molecule has 0 saturated carbocycles. The van der Waals surface area contributed by atoms with Crippen LogP contribution in [0.1, 0.15) is 38.2 Å². The fraction of sp³-hybridized carbons (Fsp3) is 0.280. The van der Waals surface area contributed by atoms with Crippen molar-refractivity contribution in [1.29, 1.82) is 0 Å². The molecule has 0 spiro atoms. The number of aromatic nitrogens is 3. The predicted octanol–water partition coefficient (Wildman–Crippen LogP) is 5.29. The van der Waals surface area contributed by atoms with Crippen molar-refractivity contribution in [3.8, 4) is 11.4 Å². The first-order valence-electron chi connectivity index (χ1n) is 10.4. The Hall–Kier alpha value is -3.21. The standard InChI is InChI=1S/C25H26N3O2/c1-4-18-9-7-8-17(2)14-20(24(18)25(29)30-3)19-11-12-23-27-15-22(28(23)16-19)21-10-5-6-13-26-21/h5-6,10-17H,2,4,7-9H2,1,3H3/q-1. The molecule has 4 rings (SSSR count). The Morgan fingerprint density at radius 1 is 1.27 bits per heavy atom. The molecule has 1 atom stereocenters. The smallest absolute Gasteiger partial charge is 0.338 e. The third kappa shape index (κ3) is 3.80. The average molecular weight is 401 g/mol. The van der Waals surface area contributed by atoms with Crippen LogP contribution in [0.5, 0.6) is 0 Å². The molecular weight excluding hydrogens is 374 g/mol. The molecule has 0 aliphatic heterocycles. The van der Waals surface area contributed by atoms with Crippen LogP contribution in [0.4, 0.5) is 0 Å². The number of imidazole rings is 1. The molecule has 0 amide bonds. The zero-order valence-electron chi connectivity index (χ0n) is 17.5. The van der Waals surface area contributed by atoms with Gasteiger partial charge in [0.1, 0.15) is 5.65 Å². The highest BCUT2D eigenvalue weighted by Crippen LogP contribution is 2.35. The number of methoxy groups -OCH3 is 1. The first kappa shape index (κ1) is 20.1. The van der Waals surface area contributed by atoms with Gasteiger partial charge in [-0.1, -0.05) is 31.4 Å². The molecule has 3 heterocycles. The largest absolute Gasteiger partial charge is 0.465 e. The van der Waals surface area contributed by atoms with Crippen molar-refractivity contribution < 1.29 is 9.53 Å². The molecule has 1 aliphatic rings. The van der Waals surface area contributed by atoms with E-state index in [1.54, 1.807) is 6.20 Å². The van der Waals surface area contributed by atoms with Crippen molar-refractivity contribution in [2.45, 2.75) is 32.6 Å². The Bertz CT molecular complexity index is 1130. The summed E-state index contributed by atoms with van der Waals surface area (Å²) in [5.74, 6) is -0.158. The van der Waals surface area contributed by atoms with Gasteiger partial charge < -0.3 is 11.7 Å². The summed E-state index contributed by atoms with van der Waals surface area (Å²) in [7, 11) is 1.44. The van der Waals surface area contributed by atoms with Gasteiger partial charge in [0.05, 0.1) is 30.3 Å². The van der Waals surface area contributed by atoms with Crippen LogP contribution in [0.3, 0.4) is 0 Å². The number of nitrogens with zero attached hydrogens (tertiary/aromatic N) is 3. The van der Waals surface area contributed by atoms with Crippen molar-refractivity contribution in [3.63, 3.8) is 0 Å². The third-order valence-electron chi connectivity index (χ3n) is 5.64. The van der Waals surface area contributed by atoms with Gasteiger partial charge in [-0.05, 0) is 48.2 Å². The minimum atomic E-state index is -0.289. The second-order valence-electron chi connectivity index (χ2n) is 7.56. The summed E-state index contributed by atoms with van der Waals surface area (Å²) in [5, 5.41) is 0. The molecule has 30 heavy (non-hydrogen) atoms. The lowest BCUT2D eigenvalue weighted by Gasteiger charge is -2.24. The van der Waals surface area contributed by atoms with E-state index < -0.39 is 0 Å². The molecular formula is C25H26N3O2-. The van der Waals surface area contributed by atoms with Gasteiger partial charge in [0.2, 0.25) is 0 Å². The van der Waals surface area contributed by atoms with Crippen LogP contribution >= 0.6 is 0 Å². The topological polar surface area (TPSA) is 56.5 Å². The van der Waals surface area contributed by atoms with E-state index >= 15 is 0 Å². The van der Waals surface area contributed by atoms with Crippen LogP contribution in [-0.2, 0) is 9.53 Å². The highest BCUT2D eigenvalue weighted by molar-refractivity contribution is 6.07. The van der Waals surface area contributed by atoms with Crippen molar-refractivity contribution in [3.05, 3.63) is 78.6 Å². The lowest BCUT2D eigenvalue weighted by Crippen LogP contribution is -2.13. The van der Waals surface area contributed by atoms with Gasteiger partial charge in [0, 0.05) is 12.4 Å². The van der Waals surface area contributed by atoms with E-state index in [9.17, 15) is 4.79 Å². The van der Waals surface area contributed by atoms with Gasteiger partial charge in [0.25, 0.3) is 0 Å². The van der Waals surface area contributed by atoms with Gasteiger partial charge in [-0.15, -0.1) is 6.08 Å². The zero-order chi connectivity index (χ0) is 21.1. The second kappa shape index (κ2) is 8.66. The Morgan fingerprint density at radius 2 is 2.13 bits per heavy atom. The molecule has 1 unspecified atom stereocenters. The van der Waals surface area contributed by atoms with Crippen molar-refractivity contribution in [1.82, 2.24) is 14.4 Å². The summed E-state index contributed by atoms with van der Waals surface area (Å²) in [6.45, 7) is 6.38. The Balaban J connectivity index is 1.91. The molecule has 3 aromatic heterocycles. The molecule has 154 valence electrons. The number of pyridine rings is 2. The summed E-state index contributed by atoms with van der Waals surface area (Å²) in [4.78, 5) is 21.8. The normalized spacial score (nSPS) is 17.4. The fourth-order valence-electron chi connectivity index (χ4n) is 4.09. The minimum Gasteiger partial charge on any atom is -0.465 e. The zero-order valence-corrected chi connectivity index (χ0v) is 17.5. The lowest BCUT2D eigenvalue weighted by atomic mass is 9.85. The molecule has 3 aromatic rings. The predicted molar refractivity (Wildman–Crippen MR) is 118 cm³/mol. The van der Waals surface area contributed by atoms with Crippen LogP contribution in [0, 0.1) is 12.8 Å². The molecule has 1 aliphatic carbocycles. The number of hydrogen-bond donors (Lipinski definition) is 0. The van der Waals surface area contributed by atoms with Gasteiger partial charge in [-0.3, -0.25) is 9.38 Å². The quantitative estimate of drug-likeness (QED) is 0.441. The summed E-state index contributed by atoms with van der Waals surface area (Å²) >= 11 is 0. The van der Waals surface area contributed by atoms with Gasteiger partial charge in [0.15, 0.2) is 0 Å². The first-order valence-corrected chi connectivity index (χ1v) is 10.4. The highest BCUT2D eigenvalue weighted by atomic mass is 16.5. The maximum Gasteiger partial charge on any atom is 0.338 e. The Kier molecular flexibility index (Phi) is 5.79. The van der Waals surface area contributed by atoms with Crippen molar-refractivity contribution in [2.75, 3.05) is 7.11 Å². The number of ether oxygens (including phenoxy) is 1. The Labute approximate surface area is 177 Å². The van der Waals surface area contributed by atoms with E-state index in [1.165, 1.54) is 7.11 Å². The molecule has 0 saturated heterocycles. The van der Waals surface area contributed by atoms with E-state index in [2.05, 4.69) is 29.9 Å².